The zero-order chi connectivity index (χ0) is 30.2. The van der Waals surface area contributed by atoms with Crippen molar-refractivity contribution in [2.24, 2.45) is 0 Å². The molecule has 0 radical (unpaired) electrons. The van der Waals surface area contributed by atoms with Crippen LogP contribution in [0.1, 0.15) is 78.6 Å². The number of pyridine rings is 1. The predicted octanol–water partition coefficient (Wildman–Crippen LogP) is 9.65. The molecule has 2 heteroatoms. The van der Waals surface area contributed by atoms with Gasteiger partial charge in [0.05, 0.1) is 28.4 Å². The molecular weight excluding hydrogens is 544 g/mol. The van der Waals surface area contributed by atoms with Gasteiger partial charge in [-0.25, -0.2) is 0 Å². The molecule has 0 N–H and O–H groups in total. The van der Waals surface area contributed by atoms with E-state index in [0.717, 1.165) is 0 Å². The molecule has 6 aromatic rings. The fourth-order valence-electron chi connectivity index (χ4n) is 9.65. The van der Waals surface area contributed by atoms with Crippen LogP contribution in [0.5, 0.6) is 0 Å². The second-order valence-electron chi connectivity index (χ2n) is 14.1. The SMILES string of the molecule is CC(C)c1cc2c(c3ccccc13)C1(c3ccccc3-c3cccc[n+]31)N1c3ccccc3C3=C(C21)C(C)(C)c1ccccc13. The van der Waals surface area contributed by atoms with E-state index in [4.69, 9.17) is 0 Å². The molecule has 5 aromatic carbocycles. The molecule has 45 heavy (non-hydrogen) atoms. The number of hydrogen-bond acceptors (Lipinski definition) is 1. The Bertz CT molecular complexity index is 2260. The van der Waals surface area contributed by atoms with Crippen LogP contribution in [0.4, 0.5) is 5.69 Å². The quantitative estimate of drug-likeness (QED) is 0.176. The summed E-state index contributed by atoms with van der Waals surface area (Å²) in [5, 5.41) is 2.73. The number of aromatic nitrogens is 1. The Labute approximate surface area is 264 Å². The molecule has 0 bridgehead atoms. The maximum Gasteiger partial charge on any atom is 0.299 e. The molecule has 4 heterocycles. The summed E-state index contributed by atoms with van der Waals surface area (Å²) in [7, 11) is 0. The van der Waals surface area contributed by atoms with E-state index in [2.05, 4.69) is 165 Å². The molecule has 1 spiro atoms. The Balaban J connectivity index is 1.46. The average molecular weight is 580 g/mol. The zero-order valence-electron chi connectivity index (χ0n) is 26.2. The van der Waals surface area contributed by atoms with Crippen LogP contribution in [-0.4, -0.2) is 0 Å². The summed E-state index contributed by atoms with van der Waals surface area (Å²) < 4.78 is 2.59. The number of nitrogens with zero attached hydrogens (tertiary/aromatic N) is 2. The van der Waals surface area contributed by atoms with E-state index in [1.54, 1.807) is 0 Å². The topological polar surface area (TPSA) is 7.12 Å². The van der Waals surface area contributed by atoms with Gasteiger partial charge in [-0.2, -0.15) is 4.57 Å². The van der Waals surface area contributed by atoms with Gasteiger partial charge in [0.1, 0.15) is 0 Å². The highest BCUT2D eigenvalue weighted by Gasteiger charge is 2.68. The molecule has 2 unspecified atom stereocenters. The lowest BCUT2D eigenvalue weighted by molar-refractivity contribution is -0.726. The Morgan fingerprint density at radius 1 is 0.667 bits per heavy atom. The Morgan fingerprint density at radius 2 is 1.31 bits per heavy atom. The molecule has 0 saturated heterocycles. The minimum Gasteiger partial charge on any atom is -0.292 e. The molecule has 4 aliphatic rings. The van der Waals surface area contributed by atoms with Gasteiger partial charge in [-0.15, -0.1) is 0 Å². The smallest absolute Gasteiger partial charge is 0.292 e. The van der Waals surface area contributed by atoms with Crippen molar-refractivity contribution in [1.82, 2.24) is 0 Å². The van der Waals surface area contributed by atoms with E-state index in [0.29, 0.717) is 5.92 Å². The maximum absolute atomic E-state index is 2.82. The number of fused-ring (bicyclic) bond motifs is 18. The number of para-hydroxylation sites is 1. The average Bonchev–Trinajstić information content (AvgIpc) is 3.63. The van der Waals surface area contributed by atoms with Crippen LogP contribution in [0, 0.1) is 0 Å². The van der Waals surface area contributed by atoms with Gasteiger partial charge in [-0.05, 0) is 74.4 Å². The molecule has 216 valence electrons. The van der Waals surface area contributed by atoms with Crippen molar-refractivity contribution in [3.63, 3.8) is 0 Å². The molecule has 10 rings (SSSR count). The van der Waals surface area contributed by atoms with Gasteiger partial charge < -0.3 is 0 Å². The van der Waals surface area contributed by atoms with Crippen molar-refractivity contribution in [1.29, 1.82) is 0 Å². The fourth-order valence-corrected chi connectivity index (χ4v) is 9.65. The molecule has 0 fully saturated rings. The zero-order valence-corrected chi connectivity index (χ0v) is 26.2. The van der Waals surface area contributed by atoms with Gasteiger partial charge in [0.25, 0.3) is 5.66 Å². The summed E-state index contributed by atoms with van der Waals surface area (Å²) in [5.74, 6) is 0.402. The van der Waals surface area contributed by atoms with Crippen LogP contribution >= 0.6 is 0 Å². The largest absolute Gasteiger partial charge is 0.299 e. The first-order chi connectivity index (χ1) is 22.0. The van der Waals surface area contributed by atoms with Crippen LogP contribution in [-0.2, 0) is 11.1 Å². The highest BCUT2D eigenvalue weighted by atomic mass is 15.4. The van der Waals surface area contributed by atoms with Crippen molar-refractivity contribution in [3.8, 4) is 11.3 Å². The minimum atomic E-state index is -0.554. The van der Waals surface area contributed by atoms with Crippen LogP contribution in [0.2, 0.25) is 0 Å². The van der Waals surface area contributed by atoms with Gasteiger partial charge in [0, 0.05) is 23.1 Å². The highest BCUT2D eigenvalue weighted by molar-refractivity contribution is 6.02. The third kappa shape index (κ3) is 2.81. The fraction of sp³-hybridized carbons (Fsp3) is 0.186. The van der Waals surface area contributed by atoms with Crippen molar-refractivity contribution in [2.45, 2.75) is 50.7 Å². The summed E-state index contributed by atoms with van der Waals surface area (Å²) >= 11 is 0. The van der Waals surface area contributed by atoms with E-state index >= 15 is 0 Å². The second kappa shape index (κ2) is 8.40. The predicted molar refractivity (Wildman–Crippen MR) is 183 cm³/mol. The van der Waals surface area contributed by atoms with E-state index < -0.39 is 5.66 Å². The molecule has 0 amide bonds. The first kappa shape index (κ1) is 25.4. The Kier molecular flexibility index (Phi) is 4.74. The normalized spacial score (nSPS) is 21.0. The van der Waals surface area contributed by atoms with E-state index in [-0.39, 0.29) is 11.5 Å². The van der Waals surface area contributed by atoms with Gasteiger partial charge in [-0.1, -0.05) is 113 Å². The third-order valence-electron chi connectivity index (χ3n) is 11.3. The van der Waals surface area contributed by atoms with Crippen LogP contribution in [0.3, 0.4) is 0 Å². The summed E-state index contributed by atoms with van der Waals surface area (Å²) in [5.41, 5.74) is 15.9. The molecule has 1 aromatic heterocycles. The third-order valence-corrected chi connectivity index (χ3v) is 11.3. The van der Waals surface area contributed by atoms with Gasteiger partial charge in [-0.3, -0.25) is 4.90 Å². The number of benzene rings is 5. The number of anilines is 1. The lowest BCUT2D eigenvalue weighted by Gasteiger charge is -2.44. The van der Waals surface area contributed by atoms with Crippen molar-refractivity contribution in [2.75, 3.05) is 4.90 Å². The maximum atomic E-state index is 2.82. The lowest BCUT2D eigenvalue weighted by Crippen LogP contribution is -2.64. The van der Waals surface area contributed by atoms with E-state index in [1.165, 1.54) is 77.8 Å². The molecule has 2 atom stereocenters. The summed E-state index contributed by atoms with van der Waals surface area (Å²) in [6.07, 6.45) is 2.33. The summed E-state index contributed by atoms with van der Waals surface area (Å²) in [6.45, 7) is 9.61. The Hall–Kier alpha value is -4.95. The van der Waals surface area contributed by atoms with Crippen LogP contribution < -0.4 is 9.47 Å². The summed E-state index contributed by atoms with van der Waals surface area (Å²) in [4.78, 5) is 2.82. The van der Waals surface area contributed by atoms with E-state index in [1.807, 2.05) is 0 Å². The van der Waals surface area contributed by atoms with Crippen LogP contribution in [0.25, 0.3) is 27.6 Å². The molecule has 3 aliphatic heterocycles. The first-order valence-electron chi connectivity index (χ1n) is 16.4. The highest BCUT2D eigenvalue weighted by Crippen LogP contribution is 2.67. The summed E-state index contributed by atoms with van der Waals surface area (Å²) in [6, 6.07) is 46.1. The van der Waals surface area contributed by atoms with Gasteiger partial charge in [0.2, 0.25) is 5.69 Å². The minimum absolute atomic E-state index is 0.0705. The van der Waals surface area contributed by atoms with Crippen LogP contribution in [0.15, 0.2) is 133 Å². The standard InChI is InChI=1S/C43H35N2/c1-26(2)32-25-33-39(28-16-6-5-15-27(28)32)43(35-21-11-7-17-29(35)36-22-13-14-24-44(36)43)45-37-23-12-9-19-31(37)38-30-18-8-10-20-34(30)42(3,4)40(38)41(33)45/h5-26,41H,1-4H3/q+1. The van der Waals surface area contributed by atoms with E-state index in [9.17, 15) is 0 Å². The second-order valence-corrected chi connectivity index (χ2v) is 14.1. The van der Waals surface area contributed by atoms with Crippen molar-refractivity contribution < 1.29 is 4.57 Å². The molecule has 0 saturated carbocycles. The van der Waals surface area contributed by atoms with Crippen molar-refractivity contribution in [3.05, 3.63) is 172 Å². The van der Waals surface area contributed by atoms with Gasteiger partial charge >= 0.3 is 0 Å². The molecular formula is C43H35N2+. The lowest BCUT2D eigenvalue weighted by atomic mass is 9.74. The number of hydrogen-bond donors (Lipinski definition) is 0. The van der Waals surface area contributed by atoms with Gasteiger partial charge in [0.15, 0.2) is 6.20 Å². The monoisotopic (exact) mass is 579 g/mol. The number of rotatable bonds is 1. The molecule has 1 aliphatic carbocycles. The Morgan fingerprint density at radius 3 is 2.11 bits per heavy atom. The molecule has 2 nitrogen and oxygen atoms in total. The first-order valence-corrected chi connectivity index (χ1v) is 16.4. The van der Waals surface area contributed by atoms with Crippen molar-refractivity contribution >= 4 is 22.0 Å².